The van der Waals surface area contributed by atoms with Gasteiger partial charge in [0, 0.05) is 30.2 Å². The van der Waals surface area contributed by atoms with Gasteiger partial charge in [-0.2, -0.15) is 0 Å². The monoisotopic (exact) mass is 283 g/mol. The Kier molecular flexibility index (Phi) is 4.63. The summed E-state index contributed by atoms with van der Waals surface area (Å²) < 4.78 is 0. The number of amidine groups is 1. The summed E-state index contributed by atoms with van der Waals surface area (Å²) in [5.41, 5.74) is 7.13. The first-order chi connectivity index (χ1) is 9.10. The number of nitrogens with zero attached hydrogens (tertiary/aromatic N) is 2. The van der Waals surface area contributed by atoms with Crippen LogP contribution in [0.25, 0.3) is 0 Å². The van der Waals surface area contributed by atoms with Gasteiger partial charge in [-0.25, -0.2) is 0 Å². The second-order valence-electron chi connectivity index (χ2n) is 4.80. The zero-order valence-corrected chi connectivity index (χ0v) is 11.3. The highest BCUT2D eigenvalue weighted by atomic mass is 35.5. The average Bonchev–Trinajstić information content (AvgIpc) is 2.42. The molecule has 0 aromatic heterocycles. The molecule has 0 aliphatic carbocycles. The number of rotatable bonds is 3. The number of hydrogen-bond acceptors (Lipinski definition) is 4. The van der Waals surface area contributed by atoms with Crippen molar-refractivity contribution in [2.24, 2.45) is 10.9 Å². The summed E-state index contributed by atoms with van der Waals surface area (Å²) in [7, 11) is 0. The molecule has 0 unspecified atom stereocenters. The molecule has 1 saturated heterocycles. The van der Waals surface area contributed by atoms with E-state index < -0.39 is 0 Å². The van der Waals surface area contributed by atoms with Crippen molar-refractivity contribution in [3.05, 3.63) is 34.3 Å². The van der Waals surface area contributed by atoms with Crippen LogP contribution in [0.5, 0.6) is 0 Å². The summed E-state index contributed by atoms with van der Waals surface area (Å²) in [4.78, 5) is 2.26. The Labute approximate surface area is 117 Å². The van der Waals surface area contributed by atoms with Gasteiger partial charge in [0.05, 0.1) is 6.10 Å². The van der Waals surface area contributed by atoms with Crippen LogP contribution in [0, 0.1) is 0 Å². The van der Waals surface area contributed by atoms with Crippen LogP contribution in [0.15, 0.2) is 23.4 Å². The smallest absolute Gasteiger partial charge is 0.170 e. The molecule has 4 N–H and O–H groups in total. The van der Waals surface area contributed by atoms with Crippen molar-refractivity contribution >= 4 is 17.4 Å². The van der Waals surface area contributed by atoms with Crippen molar-refractivity contribution in [1.29, 1.82) is 0 Å². The number of halogens is 1. The van der Waals surface area contributed by atoms with Crippen molar-refractivity contribution in [1.82, 2.24) is 4.90 Å². The largest absolute Gasteiger partial charge is 0.409 e. The number of aliphatic hydroxyl groups is 1. The average molecular weight is 284 g/mol. The standard InChI is InChI=1S/C13H18ClN3O2/c14-12-7-9(13(15)16-19)1-2-10(12)8-17-5-3-11(18)4-6-17/h1-2,7,11,18-19H,3-6,8H2,(H2,15,16). The van der Waals surface area contributed by atoms with Gasteiger partial charge in [-0.05, 0) is 24.5 Å². The second-order valence-corrected chi connectivity index (χ2v) is 5.21. The van der Waals surface area contributed by atoms with Gasteiger partial charge in [0.2, 0.25) is 0 Å². The van der Waals surface area contributed by atoms with E-state index in [1.54, 1.807) is 12.1 Å². The van der Waals surface area contributed by atoms with E-state index in [9.17, 15) is 5.11 Å². The molecule has 104 valence electrons. The number of piperidine rings is 1. The first-order valence-corrected chi connectivity index (χ1v) is 6.64. The predicted octanol–water partition coefficient (Wildman–Crippen LogP) is 1.39. The molecule has 2 rings (SSSR count). The van der Waals surface area contributed by atoms with E-state index in [2.05, 4.69) is 10.1 Å². The Morgan fingerprint density at radius 3 is 2.68 bits per heavy atom. The molecule has 6 heteroatoms. The number of benzene rings is 1. The Morgan fingerprint density at radius 1 is 1.42 bits per heavy atom. The molecule has 0 saturated carbocycles. The zero-order valence-electron chi connectivity index (χ0n) is 10.6. The van der Waals surface area contributed by atoms with Gasteiger partial charge in [0.1, 0.15) is 0 Å². The van der Waals surface area contributed by atoms with Crippen LogP contribution in [0.1, 0.15) is 24.0 Å². The Morgan fingerprint density at radius 2 is 2.11 bits per heavy atom. The fraction of sp³-hybridized carbons (Fsp3) is 0.462. The molecule has 1 heterocycles. The molecule has 1 aromatic rings. The van der Waals surface area contributed by atoms with Gasteiger partial charge >= 0.3 is 0 Å². The molecule has 0 amide bonds. The summed E-state index contributed by atoms with van der Waals surface area (Å²) >= 11 is 6.21. The van der Waals surface area contributed by atoms with Crippen LogP contribution < -0.4 is 5.73 Å². The van der Waals surface area contributed by atoms with E-state index in [0.717, 1.165) is 38.0 Å². The summed E-state index contributed by atoms with van der Waals surface area (Å²) in [6.07, 6.45) is 1.44. The van der Waals surface area contributed by atoms with Crippen LogP contribution in [-0.2, 0) is 6.54 Å². The van der Waals surface area contributed by atoms with Gasteiger partial charge in [-0.15, -0.1) is 0 Å². The van der Waals surface area contributed by atoms with Crippen molar-refractivity contribution < 1.29 is 10.3 Å². The summed E-state index contributed by atoms with van der Waals surface area (Å²) in [5, 5.41) is 21.6. The van der Waals surface area contributed by atoms with Crippen LogP contribution in [0.2, 0.25) is 5.02 Å². The highest BCUT2D eigenvalue weighted by Gasteiger charge is 2.17. The molecular weight excluding hydrogens is 266 g/mol. The van der Waals surface area contributed by atoms with E-state index >= 15 is 0 Å². The Hall–Kier alpha value is -1.30. The second kappa shape index (κ2) is 6.23. The topological polar surface area (TPSA) is 82.1 Å². The maximum Gasteiger partial charge on any atom is 0.170 e. The number of hydrogen-bond donors (Lipinski definition) is 3. The third kappa shape index (κ3) is 3.59. The fourth-order valence-electron chi connectivity index (χ4n) is 2.21. The number of likely N-dealkylation sites (tertiary alicyclic amines) is 1. The van der Waals surface area contributed by atoms with E-state index in [1.165, 1.54) is 0 Å². The van der Waals surface area contributed by atoms with Crippen molar-refractivity contribution in [2.45, 2.75) is 25.5 Å². The predicted molar refractivity (Wildman–Crippen MR) is 74.5 cm³/mol. The maximum atomic E-state index is 9.47. The van der Waals surface area contributed by atoms with Gasteiger partial charge < -0.3 is 16.0 Å². The van der Waals surface area contributed by atoms with Crippen LogP contribution in [0.4, 0.5) is 0 Å². The molecule has 0 bridgehead atoms. The molecular formula is C13H18ClN3O2. The third-order valence-electron chi connectivity index (χ3n) is 3.41. The lowest BCUT2D eigenvalue weighted by Gasteiger charge is -2.29. The van der Waals surface area contributed by atoms with Crippen molar-refractivity contribution in [2.75, 3.05) is 13.1 Å². The minimum Gasteiger partial charge on any atom is -0.409 e. The highest BCUT2D eigenvalue weighted by Crippen LogP contribution is 2.21. The van der Waals surface area contributed by atoms with E-state index in [-0.39, 0.29) is 11.9 Å². The van der Waals surface area contributed by atoms with Crippen molar-refractivity contribution in [3.8, 4) is 0 Å². The number of oxime groups is 1. The quantitative estimate of drug-likeness (QED) is 0.339. The highest BCUT2D eigenvalue weighted by molar-refractivity contribution is 6.31. The van der Waals surface area contributed by atoms with Crippen LogP contribution >= 0.6 is 11.6 Å². The molecule has 1 aliphatic heterocycles. The molecule has 0 spiro atoms. The minimum atomic E-state index is -0.172. The summed E-state index contributed by atoms with van der Waals surface area (Å²) in [6.45, 7) is 2.50. The molecule has 0 radical (unpaired) electrons. The number of nitrogens with two attached hydrogens (primary N) is 1. The van der Waals surface area contributed by atoms with Gasteiger partial charge in [-0.3, -0.25) is 4.90 Å². The van der Waals surface area contributed by atoms with Crippen molar-refractivity contribution in [3.63, 3.8) is 0 Å². The SMILES string of the molecule is N/C(=N/O)c1ccc(CN2CCC(O)CC2)c(Cl)c1. The Bertz CT molecular complexity index is 471. The fourth-order valence-corrected chi connectivity index (χ4v) is 2.45. The van der Waals surface area contributed by atoms with Gasteiger partial charge in [0.25, 0.3) is 0 Å². The Balaban J connectivity index is 2.05. The minimum absolute atomic E-state index is 0.0505. The van der Waals surface area contributed by atoms with E-state index in [1.807, 2.05) is 6.07 Å². The van der Waals surface area contributed by atoms with E-state index in [0.29, 0.717) is 10.6 Å². The lowest BCUT2D eigenvalue weighted by atomic mass is 10.1. The lowest BCUT2D eigenvalue weighted by Crippen LogP contribution is -2.35. The zero-order chi connectivity index (χ0) is 13.8. The number of aliphatic hydroxyl groups excluding tert-OH is 1. The normalized spacial score (nSPS) is 18.7. The van der Waals surface area contributed by atoms with Crippen LogP contribution in [0.3, 0.4) is 0 Å². The molecule has 1 aromatic carbocycles. The van der Waals surface area contributed by atoms with Gasteiger partial charge in [-0.1, -0.05) is 28.9 Å². The van der Waals surface area contributed by atoms with E-state index in [4.69, 9.17) is 22.5 Å². The van der Waals surface area contributed by atoms with Crippen LogP contribution in [-0.4, -0.2) is 40.2 Å². The first-order valence-electron chi connectivity index (χ1n) is 6.27. The third-order valence-corrected chi connectivity index (χ3v) is 3.76. The molecule has 19 heavy (non-hydrogen) atoms. The molecule has 1 fully saturated rings. The maximum absolute atomic E-state index is 9.47. The molecule has 5 nitrogen and oxygen atoms in total. The van der Waals surface area contributed by atoms with Gasteiger partial charge in [0.15, 0.2) is 5.84 Å². The first kappa shape index (κ1) is 14.1. The molecule has 1 aliphatic rings. The summed E-state index contributed by atoms with van der Waals surface area (Å²) in [6, 6.07) is 5.38. The summed E-state index contributed by atoms with van der Waals surface area (Å²) in [5.74, 6) is 0.0505. The molecule has 0 atom stereocenters. The lowest BCUT2D eigenvalue weighted by molar-refractivity contribution is 0.0792.